The van der Waals surface area contributed by atoms with E-state index in [1.165, 1.54) is 6.42 Å². The van der Waals surface area contributed by atoms with Crippen LogP contribution in [0.15, 0.2) is 6.07 Å². The number of carbonyl (C=O) groups excluding carboxylic acids is 1. The molecule has 0 saturated carbocycles. The van der Waals surface area contributed by atoms with Crippen LogP contribution in [0.4, 0.5) is 5.82 Å². The number of fused-ring (bicyclic) bond motifs is 1. The number of ether oxygens (including phenoxy) is 1. The van der Waals surface area contributed by atoms with Gasteiger partial charge in [0.1, 0.15) is 5.82 Å². The van der Waals surface area contributed by atoms with E-state index in [-0.39, 0.29) is 11.7 Å². The fourth-order valence-electron chi connectivity index (χ4n) is 3.39. The molecule has 0 aliphatic carbocycles. The van der Waals surface area contributed by atoms with Crippen molar-refractivity contribution in [3.8, 4) is 0 Å². The van der Waals surface area contributed by atoms with E-state index in [4.69, 9.17) is 4.74 Å². The van der Waals surface area contributed by atoms with Crippen LogP contribution in [0.1, 0.15) is 47.6 Å². The van der Waals surface area contributed by atoms with Crippen LogP contribution in [0.5, 0.6) is 0 Å². The number of pyridine rings is 1. The van der Waals surface area contributed by atoms with E-state index in [0.29, 0.717) is 18.8 Å². The first-order chi connectivity index (χ1) is 12.6. The van der Waals surface area contributed by atoms with Crippen molar-refractivity contribution >= 4 is 22.8 Å². The molecule has 1 aliphatic rings. The van der Waals surface area contributed by atoms with Gasteiger partial charge in [0.2, 0.25) is 5.82 Å². The number of hydrogen-bond acceptors (Lipinski definition) is 6. The molecule has 7 nitrogen and oxygen atoms in total. The van der Waals surface area contributed by atoms with Gasteiger partial charge in [-0.2, -0.15) is 0 Å². The molecule has 0 spiro atoms. The molecule has 3 rings (SSSR count). The third kappa shape index (κ3) is 4.09. The van der Waals surface area contributed by atoms with Crippen molar-refractivity contribution in [2.75, 3.05) is 38.3 Å². The number of anilines is 1. The molecule has 2 aromatic rings. The van der Waals surface area contributed by atoms with Gasteiger partial charge in [-0.05, 0) is 51.2 Å². The first kappa shape index (κ1) is 18.5. The average Bonchev–Trinajstić information content (AvgIpc) is 2.64. The molecule has 0 unspecified atom stereocenters. The van der Waals surface area contributed by atoms with E-state index in [1.54, 1.807) is 7.11 Å². The summed E-state index contributed by atoms with van der Waals surface area (Å²) >= 11 is 0. The Labute approximate surface area is 154 Å². The second-order valence-electron chi connectivity index (χ2n) is 6.80. The number of nitrogens with zero attached hydrogens (tertiary/aromatic N) is 4. The van der Waals surface area contributed by atoms with Crippen molar-refractivity contribution in [2.45, 2.75) is 39.5 Å². The van der Waals surface area contributed by atoms with Gasteiger partial charge in [-0.15, -0.1) is 0 Å². The highest BCUT2D eigenvalue weighted by molar-refractivity contribution is 5.96. The summed E-state index contributed by atoms with van der Waals surface area (Å²) < 4.78 is 5.01. The van der Waals surface area contributed by atoms with Crippen LogP contribution in [0.2, 0.25) is 0 Å². The fraction of sp³-hybridized carbons (Fsp3) is 0.579. The molecule has 1 amide bonds. The van der Waals surface area contributed by atoms with E-state index >= 15 is 0 Å². The van der Waals surface area contributed by atoms with Gasteiger partial charge in [0.15, 0.2) is 5.65 Å². The molecular weight excluding hydrogens is 330 g/mol. The zero-order chi connectivity index (χ0) is 18.5. The molecule has 7 heteroatoms. The lowest BCUT2D eigenvalue weighted by molar-refractivity contribution is 0.0938. The van der Waals surface area contributed by atoms with Crippen LogP contribution in [-0.4, -0.2) is 54.2 Å². The maximum absolute atomic E-state index is 12.5. The van der Waals surface area contributed by atoms with Gasteiger partial charge in [0.05, 0.1) is 5.39 Å². The molecule has 0 radical (unpaired) electrons. The topological polar surface area (TPSA) is 80.2 Å². The number of carbonyl (C=O) groups is 1. The molecule has 2 aromatic heterocycles. The van der Waals surface area contributed by atoms with Crippen LogP contribution < -0.4 is 10.2 Å². The Hall–Kier alpha value is -2.28. The van der Waals surface area contributed by atoms with Crippen LogP contribution in [0, 0.1) is 13.8 Å². The molecule has 1 saturated heterocycles. The number of methoxy groups -OCH3 is 1. The molecule has 1 aliphatic heterocycles. The number of amides is 1. The number of nitrogens with one attached hydrogen (secondary N) is 1. The minimum atomic E-state index is -0.262. The van der Waals surface area contributed by atoms with Gasteiger partial charge in [-0.1, -0.05) is 0 Å². The van der Waals surface area contributed by atoms with Crippen LogP contribution in [0.25, 0.3) is 11.0 Å². The predicted octanol–water partition coefficient (Wildman–Crippen LogP) is 2.40. The Morgan fingerprint density at radius 3 is 2.69 bits per heavy atom. The number of hydrogen-bond donors (Lipinski definition) is 1. The number of aromatic nitrogens is 3. The van der Waals surface area contributed by atoms with Gasteiger partial charge < -0.3 is 15.0 Å². The molecule has 0 atom stereocenters. The Morgan fingerprint density at radius 2 is 1.96 bits per heavy atom. The highest BCUT2D eigenvalue weighted by atomic mass is 16.5. The van der Waals surface area contributed by atoms with Crippen molar-refractivity contribution in [1.29, 1.82) is 0 Å². The average molecular weight is 357 g/mol. The van der Waals surface area contributed by atoms with E-state index in [1.807, 2.05) is 13.0 Å². The standard InChI is InChI=1S/C19H27N5O2/c1-13-12-14(2)21-16-15(13)18(24-9-5-4-6-10-24)23-17(22-16)19(25)20-8-7-11-26-3/h12H,4-11H2,1-3H3,(H,20,25). The van der Waals surface area contributed by atoms with Gasteiger partial charge in [0, 0.05) is 39.0 Å². The highest BCUT2D eigenvalue weighted by Gasteiger charge is 2.21. The van der Waals surface area contributed by atoms with Gasteiger partial charge >= 0.3 is 0 Å². The number of rotatable bonds is 6. The third-order valence-corrected chi connectivity index (χ3v) is 4.64. The lowest BCUT2D eigenvalue weighted by Gasteiger charge is -2.29. The summed E-state index contributed by atoms with van der Waals surface area (Å²) in [6.07, 6.45) is 4.28. The van der Waals surface area contributed by atoms with E-state index in [2.05, 4.69) is 32.1 Å². The SMILES string of the molecule is COCCCNC(=O)c1nc(N2CCCCC2)c2c(C)cc(C)nc2n1. The Kier molecular flexibility index (Phi) is 5.98. The van der Waals surface area contributed by atoms with E-state index in [9.17, 15) is 4.79 Å². The fourth-order valence-corrected chi connectivity index (χ4v) is 3.39. The Morgan fingerprint density at radius 1 is 1.19 bits per heavy atom. The lowest BCUT2D eigenvalue weighted by Crippen LogP contribution is -2.32. The zero-order valence-corrected chi connectivity index (χ0v) is 15.8. The molecule has 0 aromatic carbocycles. The largest absolute Gasteiger partial charge is 0.385 e. The van der Waals surface area contributed by atoms with E-state index in [0.717, 1.165) is 54.8 Å². The van der Waals surface area contributed by atoms with Gasteiger partial charge in [-0.25, -0.2) is 15.0 Å². The smallest absolute Gasteiger partial charge is 0.289 e. The summed E-state index contributed by atoms with van der Waals surface area (Å²) in [4.78, 5) is 28.5. The van der Waals surface area contributed by atoms with Crippen LogP contribution >= 0.6 is 0 Å². The minimum Gasteiger partial charge on any atom is -0.385 e. The summed E-state index contributed by atoms with van der Waals surface area (Å²) in [7, 11) is 1.65. The van der Waals surface area contributed by atoms with Crippen molar-refractivity contribution in [3.63, 3.8) is 0 Å². The van der Waals surface area contributed by atoms with E-state index < -0.39 is 0 Å². The second-order valence-corrected chi connectivity index (χ2v) is 6.80. The summed E-state index contributed by atoms with van der Waals surface area (Å²) in [5.74, 6) is 0.761. The maximum Gasteiger partial charge on any atom is 0.289 e. The summed E-state index contributed by atoms with van der Waals surface area (Å²) in [5.41, 5.74) is 2.59. The van der Waals surface area contributed by atoms with Crippen molar-refractivity contribution in [2.24, 2.45) is 0 Å². The molecule has 0 bridgehead atoms. The van der Waals surface area contributed by atoms with Crippen molar-refractivity contribution < 1.29 is 9.53 Å². The number of piperidine rings is 1. The first-order valence-corrected chi connectivity index (χ1v) is 9.28. The Balaban J connectivity index is 1.97. The predicted molar refractivity (Wildman–Crippen MR) is 102 cm³/mol. The van der Waals surface area contributed by atoms with Gasteiger partial charge in [0.25, 0.3) is 5.91 Å². The third-order valence-electron chi connectivity index (χ3n) is 4.64. The summed E-state index contributed by atoms with van der Waals surface area (Å²) in [6, 6.07) is 2.05. The highest BCUT2D eigenvalue weighted by Crippen LogP contribution is 2.28. The maximum atomic E-state index is 12.5. The quantitative estimate of drug-likeness (QED) is 0.800. The summed E-state index contributed by atoms with van der Waals surface area (Å²) in [5, 5.41) is 3.82. The molecule has 1 fully saturated rings. The van der Waals surface area contributed by atoms with Crippen molar-refractivity contribution in [3.05, 3.63) is 23.1 Å². The Bertz CT molecular complexity index is 787. The first-order valence-electron chi connectivity index (χ1n) is 9.28. The lowest BCUT2D eigenvalue weighted by atomic mass is 10.1. The molecular formula is C19H27N5O2. The normalized spacial score (nSPS) is 14.7. The monoisotopic (exact) mass is 357 g/mol. The second kappa shape index (κ2) is 8.40. The molecule has 26 heavy (non-hydrogen) atoms. The number of aryl methyl sites for hydroxylation is 2. The summed E-state index contributed by atoms with van der Waals surface area (Å²) in [6.45, 7) is 7.05. The zero-order valence-electron chi connectivity index (χ0n) is 15.8. The van der Waals surface area contributed by atoms with Crippen molar-refractivity contribution in [1.82, 2.24) is 20.3 Å². The molecule has 140 valence electrons. The van der Waals surface area contributed by atoms with Crippen LogP contribution in [-0.2, 0) is 4.74 Å². The van der Waals surface area contributed by atoms with Crippen LogP contribution in [0.3, 0.4) is 0 Å². The molecule has 1 N–H and O–H groups in total. The molecule has 3 heterocycles. The van der Waals surface area contributed by atoms with Gasteiger partial charge in [-0.3, -0.25) is 4.79 Å². The minimum absolute atomic E-state index is 0.188.